The maximum atomic E-state index is 12.0. The zero-order chi connectivity index (χ0) is 11.5. The SMILES string of the molecule is Cc1nc(C(=O)N(C)C2CCNCC2)n[nH]1. The van der Waals surface area contributed by atoms with Gasteiger partial charge in [-0.15, -0.1) is 5.10 Å². The summed E-state index contributed by atoms with van der Waals surface area (Å²) in [5, 5.41) is 9.85. The van der Waals surface area contributed by atoms with E-state index in [0.717, 1.165) is 25.9 Å². The molecule has 1 fully saturated rings. The molecule has 1 aromatic rings. The number of H-pyrrole nitrogens is 1. The molecule has 6 nitrogen and oxygen atoms in total. The second-order valence-corrected chi connectivity index (χ2v) is 4.14. The highest BCUT2D eigenvalue weighted by atomic mass is 16.2. The summed E-state index contributed by atoms with van der Waals surface area (Å²) in [6.07, 6.45) is 1.98. The Morgan fingerprint density at radius 2 is 2.12 bits per heavy atom. The third-order valence-electron chi connectivity index (χ3n) is 2.97. The fourth-order valence-electron chi connectivity index (χ4n) is 1.96. The molecule has 1 aliphatic rings. The molecule has 0 spiro atoms. The lowest BCUT2D eigenvalue weighted by Gasteiger charge is -2.30. The van der Waals surface area contributed by atoms with Crippen LogP contribution in [0, 0.1) is 6.92 Å². The first kappa shape index (κ1) is 11.1. The van der Waals surface area contributed by atoms with E-state index in [4.69, 9.17) is 0 Å². The zero-order valence-corrected chi connectivity index (χ0v) is 9.66. The standard InChI is InChI=1S/C10H17N5O/c1-7-12-9(14-13-7)10(16)15(2)8-3-5-11-6-4-8/h8,11H,3-6H2,1-2H3,(H,12,13,14). The molecule has 1 amide bonds. The van der Waals surface area contributed by atoms with Crippen LogP contribution < -0.4 is 5.32 Å². The highest BCUT2D eigenvalue weighted by molar-refractivity contribution is 5.90. The summed E-state index contributed by atoms with van der Waals surface area (Å²) in [5.41, 5.74) is 0. The number of aromatic nitrogens is 3. The molecule has 0 radical (unpaired) electrons. The van der Waals surface area contributed by atoms with Crippen molar-refractivity contribution in [3.8, 4) is 0 Å². The number of rotatable bonds is 2. The number of hydrogen-bond acceptors (Lipinski definition) is 4. The van der Waals surface area contributed by atoms with Gasteiger partial charge in [-0.1, -0.05) is 0 Å². The number of carbonyl (C=O) groups is 1. The van der Waals surface area contributed by atoms with Crippen molar-refractivity contribution in [3.63, 3.8) is 0 Å². The van der Waals surface area contributed by atoms with Crippen LogP contribution in [0.3, 0.4) is 0 Å². The molecule has 1 saturated heterocycles. The van der Waals surface area contributed by atoms with E-state index in [0.29, 0.717) is 11.9 Å². The number of nitrogens with one attached hydrogen (secondary N) is 2. The van der Waals surface area contributed by atoms with E-state index < -0.39 is 0 Å². The van der Waals surface area contributed by atoms with Crippen molar-refractivity contribution in [1.29, 1.82) is 0 Å². The Bertz CT molecular complexity index is 369. The van der Waals surface area contributed by atoms with Gasteiger partial charge in [-0.2, -0.15) is 0 Å². The molecule has 1 aromatic heterocycles. The summed E-state index contributed by atoms with van der Waals surface area (Å²) in [4.78, 5) is 17.8. The lowest BCUT2D eigenvalue weighted by atomic mass is 10.1. The smallest absolute Gasteiger partial charge is 0.293 e. The average Bonchev–Trinajstić information content (AvgIpc) is 2.75. The molecule has 0 atom stereocenters. The topological polar surface area (TPSA) is 73.9 Å². The number of amides is 1. The van der Waals surface area contributed by atoms with Gasteiger partial charge in [-0.3, -0.25) is 9.89 Å². The summed E-state index contributed by atoms with van der Waals surface area (Å²) in [6, 6.07) is 0.299. The average molecular weight is 223 g/mol. The highest BCUT2D eigenvalue weighted by Gasteiger charge is 2.24. The fourth-order valence-corrected chi connectivity index (χ4v) is 1.96. The van der Waals surface area contributed by atoms with E-state index >= 15 is 0 Å². The predicted molar refractivity (Wildman–Crippen MR) is 59.1 cm³/mol. The van der Waals surface area contributed by atoms with Gasteiger partial charge in [0, 0.05) is 13.1 Å². The van der Waals surface area contributed by atoms with E-state index in [1.807, 2.05) is 7.05 Å². The van der Waals surface area contributed by atoms with Crippen molar-refractivity contribution in [2.24, 2.45) is 0 Å². The van der Waals surface area contributed by atoms with Crippen LogP contribution in [0.15, 0.2) is 0 Å². The Morgan fingerprint density at radius 3 is 2.69 bits per heavy atom. The predicted octanol–water partition coefficient (Wildman–Crippen LogP) is -0.0629. The van der Waals surface area contributed by atoms with Crippen LogP contribution >= 0.6 is 0 Å². The van der Waals surface area contributed by atoms with Crippen LogP contribution in [-0.2, 0) is 0 Å². The molecule has 0 bridgehead atoms. The number of carbonyl (C=O) groups excluding carboxylic acids is 1. The fraction of sp³-hybridized carbons (Fsp3) is 0.700. The monoisotopic (exact) mass is 223 g/mol. The van der Waals surface area contributed by atoms with Gasteiger partial charge in [-0.25, -0.2) is 4.98 Å². The highest BCUT2D eigenvalue weighted by Crippen LogP contribution is 2.11. The molecular weight excluding hydrogens is 206 g/mol. The van der Waals surface area contributed by atoms with Crippen LogP contribution in [0.25, 0.3) is 0 Å². The van der Waals surface area contributed by atoms with Crippen LogP contribution in [0.1, 0.15) is 29.3 Å². The van der Waals surface area contributed by atoms with Crippen molar-refractivity contribution < 1.29 is 4.79 Å². The van der Waals surface area contributed by atoms with Gasteiger partial charge >= 0.3 is 0 Å². The molecule has 2 N–H and O–H groups in total. The van der Waals surface area contributed by atoms with Gasteiger partial charge in [0.15, 0.2) is 0 Å². The number of piperidine rings is 1. The Morgan fingerprint density at radius 1 is 1.44 bits per heavy atom. The normalized spacial score (nSPS) is 17.4. The maximum Gasteiger partial charge on any atom is 0.293 e. The van der Waals surface area contributed by atoms with Crippen LogP contribution in [0.2, 0.25) is 0 Å². The lowest BCUT2D eigenvalue weighted by molar-refractivity contribution is 0.0691. The number of aryl methyl sites for hydroxylation is 1. The largest absolute Gasteiger partial charge is 0.336 e. The first-order chi connectivity index (χ1) is 7.68. The third-order valence-corrected chi connectivity index (χ3v) is 2.97. The van der Waals surface area contributed by atoms with E-state index in [-0.39, 0.29) is 11.7 Å². The van der Waals surface area contributed by atoms with Crippen molar-refractivity contribution in [2.45, 2.75) is 25.8 Å². The Kier molecular flexibility index (Phi) is 3.19. The van der Waals surface area contributed by atoms with Crippen molar-refractivity contribution in [2.75, 3.05) is 20.1 Å². The summed E-state index contributed by atoms with van der Waals surface area (Å²) >= 11 is 0. The van der Waals surface area contributed by atoms with Gasteiger partial charge in [0.05, 0.1) is 0 Å². The van der Waals surface area contributed by atoms with Crippen molar-refractivity contribution >= 4 is 5.91 Å². The molecule has 0 aliphatic carbocycles. The summed E-state index contributed by atoms with van der Waals surface area (Å²) in [5.74, 6) is 0.830. The van der Waals surface area contributed by atoms with E-state index in [1.165, 1.54) is 0 Å². The van der Waals surface area contributed by atoms with Gasteiger partial charge in [-0.05, 0) is 32.9 Å². The minimum absolute atomic E-state index is 0.101. The van der Waals surface area contributed by atoms with E-state index in [2.05, 4.69) is 20.5 Å². The maximum absolute atomic E-state index is 12.0. The van der Waals surface area contributed by atoms with Crippen molar-refractivity contribution in [3.05, 3.63) is 11.6 Å². The second-order valence-electron chi connectivity index (χ2n) is 4.14. The van der Waals surface area contributed by atoms with Gasteiger partial charge in [0.1, 0.15) is 5.82 Å². The third kappa shape index (κ3) is 2.21. The van der Waals surface area contributed by atoms with E-state index in [1.54, 1.807) is 11.8 Å². The second kappa shape index (κ2) is 4.61. The number of nitrogens with zero attached hydrogens (tertiary/aromatic N) is 3. The molecule has 2 heterocycles. The molecule has 0 unspecified atom stereocenters. The van der Waals surface area contributed by atoms with Crippen molar-refractivity contribution in [1.82, 2.24) is 25.4 Å². The molecule has 0 saturated carbocycles. The van der Waals surface area contributed by atoms with Crippen LogP contribution in [-0.4, -0.2) is 52.2 Å². The minimum Gasteiger partial charge on any atom is -0.336 e. The Hall–Kier alpha value is -1.43. The van der Waals surface area contributed by atoms with Crippen LogP contribution in [0.5, 0.6) is 0 Å². The van der Waals surface area contributed by atoms with Crippen LogP contribution in [0.4, 0.5) is 0 Å². The Labute approximate surface area is 94.4 Å². The summed E-state index contributed by atoms with van der Waals surface area (Å²) in [6.45, 7) is 3.72. The lowest BCUT2D eigenvalue weighted by Crippen LogP contribution is -2.44. The van der Waals surface area contributed by atoms with Gasteiger partial charge in [0.2, 0.25) is 5.82 Å². The summed E-state index contributed by atoms with van der Waals surface area (Å²) < 4.78 is 0. The quantitative estimate of drug-likeness (QED) is 0.736. The number of hydrogen-bond donors (Lipinski definition) is 2. The summed E-state index contributed by atoms with van der Waals surface area (Å²) in [7, 11) is 1.82. The first-order valence-electron chi connectivity index (χ1n) is 5.55. The Balaban J connectivity index is 2.03. The molecule has 1 aliphatic heterocycles. The molecule has 2 rings (SSSR count). The molecule has 16 heavy (non-hydrogen) atoms. The zero-order valence-electron chi connectivity index (χ0n) is 9.66. The molecule has 0 aromatic carbocycles. The number of aromatic amines is 1. The minimum atomic E-state index is -0.101. The molecular formula is C10H17N5O. The van der Waals surface area contributed by atoms with Gasteiger partial charge in [0.25, 0.3) is 5.91 Å². The van der Waals surface area contributed by atoms with E-state index in [9.17, 15) is 4.79 Å². The van der Waals surface area contributed by atoms with Gasteiger partial charge < -0.3 is 10.2 Å². The molecule has 6 heteroatoms. The molecule has 88 valence electrons. The first-order valence-corrected chi connectivity index (χ1v) is 5.55.